The highest BCUT2D eigenvalue weighted by molar-refractivity contribution is 9.10. The summed E-state index contributed by atoms with van der Waals surface area (Å²) in [5.74, 6) is -1.72. The Bertz CT molecular complexity index is 699. The molecular formula is C14H14BrFN2O3. The number of H-pyrrole nitrogens is 1. The SMILES string of the molecule is CC(CCC(=O)O)NC(=O)c1cc2c(F)cc(Br)cc2[nH]1. The molecule has 112 valence electrons. The Balaban J connectivity index is 2.13. The summed E-state index contributed by atoms with van der Waals surface area (Å²) in [7, 11) is 0. The highest BCUT2D eigenvalue weighted by atomic mass is 79.9. The minimum Gasteiger partial charge on any atom is -0.481 e. The molecule has 0 aliphatic carbocycles. The molecule has 0 saturated heterocycles. The number of carboxylic acids is 1. The Morgan fingerprint density at radius 1 is 1.43 bits per heavy atom. The fourth-order valence-electron chi connectivity index (χ4n) is 2.00. The van der Waals surface area contributed by atoms with Crippen molar-refractivity contribution in [2.24, 2.45) is 0 Å². The molecule has 2 aromatic rings. The molecule has 1 aromatic heterocycles. The first-order valence-electron chi connectivity index (χ1n) is 6.37. The summed E-state index contributed by atoms with van der Waals surface area (Å²) in [6.07, 6.45) is 0.316. The number of carboxylic acid groups (broad SMARTS) is 1. The number of fused-ring (bicyclic) bond motifs is 1. The minimum absolute atomic E-state index is 0.0181. The molecule has 0 fully saturated rings. The van der Waals surface area contributed by atoms with Gasteiger partial charge in [0.1, 0.15) is 11.5 Å². The predicted octanol–water partition coefficient (Wildman–Crippen LogP) is 3.05. The second-order valence-corrected chi connectivity index (χ2v) is 5.75. The molecule has 1 atom stereocenters. The van der Waals surface area contributed by atoms with E-state index in [9.17, 15) is 14.0 Å². The first-order chi connectivity index (χ1) is 9.86. The van der Waals surface area contributed by atoms with E-state index in [-0.39, 0.29) is 24.1 Å². The summed E-state index contributed by atoms with van der Waals surface area (Å²) >= 11 is 3.19. The molecular weight excluding hydrogens is 343 g/mol. The largest absolute Gasteiger partial charge is 0.481 e. The molecule has 1 unspecified atom stereocenters. The number of nitrogens with one attached hydrogen (secondary N) is 2. The van der Waals surface area contributed by atoms with Crippen molar-refractivity contribution in [1.29, 1.82) is 0 Å². The van der Waals surface area contributed by atoms with Gasteiger partial charge in [-0.25, -0.2) is 4.39 Å². The van der Waals surface area contributed by atoms with Crippen LogP contribution in [0.2, 0.25) is 0 Å². The molecule has 2 rings (SSSR count). The molecule has 5 nitrogen and oxygen atoms in total. The van der Waals surface area contributed by atoms with Crippen molar-refractivity contribution in [2.45, 2.75) is 25.8 Å². The van der Waals surface area contributed by atoms with Crippen molar-refractivity contribution in [3.8, 4) is 0 Å². The van der Waals surface area contributed by atoms with Crippen LogP contribution in [-0.4, -0.2) is 28.0 Å². The van der Waals surface area contributed by atoms with Crippen LogP contribution in [0, 0.1) is 5.82 Å². The van der Waals surface area contributed by atoms with Gasteiger partial charge < -0.3 is 15.4 Å². The van der Waals surface area contributed by atoms with Crippen molar-refractivity contribution in [1.82, 2.24) is 10.3 Å². The quantitative estimate of drug-likeness (QED) is 0.769. The van der Waals surface area contributed by atoms with E-state index in [1.165, 1.54) is 12.1 Å². The van der Waals surface area contributed by atoms with Gasteiger partial charge in [0.2, 0.25) is 0 Å². The Hall–Kier alpha value is -1.89. The summed E-state index contributed by atoms with van der Waals surface area (Å²) in [4.78, 5) is 25.4. The summed E-state index contributed by atoms with van der Waals surface area (Å²) < 4.78 is 14.3. The molecule has 1 heterocycles. The van der Waals surface area contributed by atoms with Crippen LogP contribution in [0.5, 0.6) is 0 Å². The van der Waals surface area contributed by atoms with Gasteiger partial charge in [0.05, 0.1) is 5.52 Å². The number of rotatable bonds is 5. The Kier molecular flexibility index (Phi) is 4.62. The van der Waals surface area contributed by atoms with Crippen LogP contribution in [0.15, 0.2) is 22.7 Å². The number of aromatic nitrogens is 1. The molecule has 21 heavy (non-hydrogen) atoms. The Morgan fingerprint density at radius 3 is 2.81 bits per heavy atom. The van der Waals surface area contributed by atoms with E-state index < -0.39 is 11.8 Å². The lowest BCUT2D eigenvalue weighted by Gasteiger charge is -2.11. The van der Waals surface area contributed by atoms with E-state index in [1.807, 2.05) is 0 Å². The number of halogens is 2. The molecule has 1 aromatic carbocycles. The van der Waals surface area contributed by atoms with Crippen LogP contribution in [-0.2, 0) is 4.79 Å². The molecule has 0 bridgehead atoms. The van der Waals surface area contributed by atoms with E-state index in [0.717, 1.165) is 0 Å². The highest BCUT2D eigenvalue weighted by Gasteiger charge is 2.15. The smallest absolute Gasteiger partial charge is 0.303 e. The number of carbonyl (C=O) groups is 2. The van der Waals surface area contributed by atoms with Gasteiger partial charge in [-0.15, -0.1) is 0 Å². The van der Waals surface area contributed by atoms with E-state index in [1.54, 1.807) is 13.0 Å². The fraction of sp³-hybridized carbons (Fsp3) is 0.286. The van der Waals surface area contributed by atoms with Gasteiger partial charge in [-0.05, 0) is 31.5 Å². The topological polar surface area (TPSA) is 82.2 Å². The maximum Gasteiger partial charge on any atom is 0.303 e. The maximum atomic E-state index is 13.7. The average molecular weight is 357 g/mol. The third kappa shape index (κ3) is 3.81. The molecule has 0 aliphatic heterocycles. The second-order valence-electron chi connectivity index (χ2n) is 4.84. The van der Waals surface area contributed by atoms with Crippen molar-refractivity contribution < 1.29 is 19.1 Å². The molecule has 0 aliphatic rings. The van der Waals surface area contributed by atoms with Crippen LogP contribution in [0.4, 0.5) is 4.39 Å². The van der Waals surface area contributed by atoms with E-state index >= 15 is 0 Å². The number of hydrogen-bond donors (Lipinski definition) is 3. The summed E-state index contributed by atoms with van der Waals surface area (Å²) in [6.45, 7) is 1.72. The van der Waals surface area contributed by atoms with E-state index in [4.69, 9.17) is 5.11 Å². The van der Waals surface area contributed by atoms with Gasteiger partial charge in [-0.1, -0.05) is 15.9 Å². The van der Waals surface area contributed by atoms with Crippen LogP contribution >= 0.6 is 15.9 Å². The molecule has 1 amide bonds. The number of carbonyl (C=O) groups excluding carboxylic acids is 1. The lowest BCUT2D eigenvalue weighted by Crippen LogP contribution is -2.33. The van der Waals surface area contributed by atoms with Crippen molar-refractivity contribution in [3.63, 3.8) is 0 Å². The average Bonchev–Trinajstić information content (AvgIpc) is 2.80. The van der Waals surface area contributed by atoms with Crippen LogP contribution in [0.3, 0.4) is 0 Å². The lowest BCUT2D eigenvalue weighted by molar-refractivity contribution is -0.137. The Labute approximate surface area is 128 Å². The molecule has 3 N–H and O–H groups in total. The normalized spacial score (nSPS) is 12.3. The first-order valence-corrected chi connectivity index (χ1v) is 7.16. The summed E-state index contributed by atoms with van der Waals surface area (Å²) in [5, 5.41) is 11.6. The van der Waals surface area contributed by atoms with Gasteiger partial charge in [-0.2, -0.15) is 0 Å². The first kappa shape index (κ1) is 15.5. The highest BCUT2D eigenvalue weighted by Crippen LogP contribution is 2.24. The molecule has 7 heteroatoms. The summed E-state index contributed by atoms with van der Waals surface area (Å²) in [6, 6.07) is 4.17. The number of amides is 1. The number of hydrogen-bond acceptors (Lipinski definition) is 2. The lowest BCUT2D eigenvalue weighted by atomic mass is 10.2. The van der Waals surface area contributed by atoms with Crippen LogP contribution < -0.4 is 5.32 Å². The van der Waals surface area contributed by atoms with Gasteiger partial charge in [0.25, 0.3) is 5.91 Å². The van der Waals surface area contributed by atoms with Gasteiger partial charge in [0.15, 0.2) is 0 Å². The van der Waals surface area contributed by atoms with Gasteiger partial charge in [0, 0.05) is 22.3 Å². The monoisotopic (exact) mass is 356 g/mol. The van der Waals surface area contributed by atoms with E-state index in [2.05, 4.69) is 26.2 Å². The van der Waals surface area contributed by atoms with Crippen LogP contribution in [0.25, 0.3) is 10.9 Å². The van der Waals surface area contributed by atoms with E-state index in [0.29, 0.717) is 21.8 Å². The second kappa shape index (κ2) is 6.26. The van der Waals surface area contributed by atoms with Gasteiger partial charge in [-0.3, -0.25) is 9.59 Å². The zero-order valence-corrected chi connectivity index (χ0v) is 12.8. The molecule has 0 saturated carbocycles. The number of aromatic amines is 1. The number of benzene rings is 1. The third-order valence-electron chi connectivity index (χ3n) is 3.07. The van der Waals surface area contributed by atoms with Crippen molar-refractivity contribution in [3.05, 3.63) is 34.2 Å². The summed E-state index contributed by atoms with van der Waals surface area (Å²) in [5.41, 5.74) is 0.759. The zero-order chi connectivity index (χ0) is 15.6. The standard InChI is InChI=1S/C14H14BrFN2O3/c1-7(2-3-13(19)20)17-14(21)12-6-9-10(16)4-8(15)5-11(9)18-12/h4-7,18H,2-3H2,1H3,(H,17,21)(H,19,20). The molecule has 0 spiro atoms. The minimum atomic E-state index is -0.909. The number of aliphatic carboxylic acids is 1. The maximum absolute atomic E-state index is 13.7. The Morgan fingerprint density at radius 2 is 2.14 bits per heavy atom. The fourth-order valence-corrected chi connectivity index (χ4v) is 2.43. The van der Waals surface area contributed by atoms with Gasteiger partial charge >= 0.3 is 5.97 Å². The van der Waals surface area contributed by atoms with Crippen molar-refractivity contribution in [2.75, 3.05) is 0 Å². The predicted molar refractivity (Wildman–Crippen MR) is 79.8 cm³/mol. The zero-order valence-electron chi connectivity index (χ0n) is 11.2. The molecule has 0 radical (unpaired) electrons. The van der Waals surface area contributed by atoms with Crippen molar-refractivity contribution >= 4 is 38.7 Å². The van der Waals surface area contributed by atoms with Crippen LogP contribution in [0.1, 0.15) is 30.3 Å². The third-order valence-corrected chi connectivity index (χ3v) is 3.52.